The predicted octanol–water partition coefficient (Wildman–Crippen LogP) is 3.90. The third-order valence-corrected chi connectivity index (χ3v) is 7.41. The average Bonchev–Trinajstić information content (AvgIpc) is 2.89. The van der Waals surface area contributed by atoms with Gasteiger partial charge in [-0.25, -0.2) is 13.8 Å². The zero-order valence-electron chi connectivity index (χ0n) is 21.2. The first-order valence-corrected chi connectivity index (χ1v) is 13.6. The third kappa shape index (κ3) is 7.80. The van der Waals surface area contributed by atoms with Crippen LogP contribution in [-0.4, -0.2) is 45.6 Å². The van der Waals surface area contributed by atoms with Gasteiger partial charge in [0.05, 0.1) is 16.8 Å². The Morgan fingerprint density at radius 3 is 2.34 bits per heavy atom. The van der Waals surface area contributed by atoms with Gasteiger partial charge in [-0.2, -0.15) is 5.10 Å². The van der Waals surface area contributed by atoms with E-state index >= 15 is 0 Å². The van der Waals surface area contributed by atoms with Gasteiger partial charge in [-0.3, -0.25) is 13.9 Å². The minimum Gasteiger partial charge on any atom is -0.484 e. The lowest BCUT2D eigenvalue weighted by Crippen LogP contribution is -2.40. The molecule has 0 spiro atoms. The Labute approximate surface area is 227 Å². The summed E-state index contributed by atoms with van der Waals surface area (Å²) in [7, 11) is -4.07. The third-order valence-electron chi connectivity index (χ3n) is 5.23. The van der Waals surface area contributed by atoms with E-state index in [9.17, 15) is 18.0 Å². The fourth-order valence-electron chi connectivity index (χ4n) is 3.39. The Morgan fingerprint density at radius 1 is 1.00 bits per heavy atom. The van der Waals surface area contributed by atoms with Crippen LogP contribution in [0.15, 0.2) is 82.8 Å². The topological polar surface area (TPSA) is 117 Å². The molecule has 38 heavy (non-hydrogen) atoms. The van der Waals surface area contributed by atoms with Crippen LogP contribution in [0, 0.1) is 6.92 Å². The highest BCUT2D eigenvalue weighted by atomic mass is 35.5. The minimum absolute atomic E-state index is 0.0277. The molecule has 0 aromatic heterocycles. The Morgan fingerprint density at radius 2 is 1.68 bits per heavy atom. The summed E-state index contributed by atoms with van der Waals surface area (Å²) in [5, 5.41) is 7.06. The van der Waals surface area contributed by atoms with Crippen LogP contribution >= 0.6 is 11.6 Å². The summed E-state index contributed by atoms with van der Waals surface area (Å²) in [5.41, 5.74) is 3.84. The van der Waals surface area contributed by atoms with Crippen molar-refractivity contribution >= 4 is 45.3 Å². The Hall–Kier alpha value is -3.89. The monoisotopic (exact) mass is 556 g/mol. The number of hydrazone groups is 1. The number of carbonyl (C=O) groups excluding carboxylic acids is 2. The summed E-state index contributed by atoms with van der Waals surface area (Å²) < 4.78 is 33.3. The van der Waals surface area contributed by atoms with E-state index in [0.717, 1.165) is 4.31 Å². The van der Waals surface area contributed by atoms with Gasteiger partial charge in [0, 0.05) is 11.1 Å². The summed E-state index contributed by atoms with van der Waals surface area (Å²) in [5.74, 6) is -0.357. The van der Waals surface area contributed by atoms with Crippen molar-refractivity contribution in [1.82, 2.24) is 10.7 Å². The molecule has 0 radical (unpaired) electrons. The quantitative estimate of drug-likeness (QED) is 0.274. The number of halogens is 1. The maximum absolute atomic E-state index is 13.4. The van der Waals surface area contributed by atoms with Crippen LogP contribution < -0.4 is 19.8 Å². The van der Waals surface area contributed by atoms with Crippen LogP contribution in [0.25, 0.3) is 0 Å². The van der Waals surface area contributed by atoms with Crippen molar-refractivity contribution in [2.45, 2.75) is 31.7 Å². The van der Waals surface area contributed by atoms with Gasteiger partial charge in [0.2, 0.25) is 0 Å². The lowest BCUT2D eigenvalue weighted by Gasteiger charge is -2.25. The van der Waals surface area contributed by atoms with Crippen LogP contribution in [0.2, 0.25) is 5.02 Å². The molecule has 3 aromatic carbocycles. The van der Waals surface area contributed by atoms with Gasteiger partial charge in [-0.15, -0.1) is 0 Å². The molecule has 0 heterocycles. The van der Waals surface area contributed by atoms with Gasteiger partial charge in [0.15, 0.2) is 6.61 Å². The van der Waals surface area contributed by atoms with Crippen LogP contribution in [0.1, 0.15) is 25.0 Å². The lowest BCUT2D eigenvalue weighted by molar-refractivity contribution is -0.123. The Kier molecular flexibility index (Phi) is 9.86. The minimum atomic E-state index is -4.07. The van der Waals surface area contributed by atoms with Gasteiger partial charge < -0.3 is 10.1 Å². The van der Waals surface area contributed by atoms with E-state index in [2.05, 4.69) is 15.8 Å². The highest BCUT2D eigenvalue weighted by molar-refractivity contribution is 7.92. The lowest BCUT2D eigenvalue weighted by atomic mass is 10.2. The second kappa shape index (κ2) is 13.1. The molecule has 0 bridgehead atoms. The van der Waals surface area contributed by atoms with Crippen molar-refractivity contribution < 1.29 is 22.7 Å². The molecule has 2 N–H and O–H groups in total. The molecule has 0 unspecified atom stereocenters. The fraction of sp³-hybridized carbons (Fsp3) is 0.222. The summed E-state index contributed by atoms with van der Waals surface area (Å²) >= 11 is 6.23. The van der Waals surface area contributed by atoms with Crippen LogP contribution in [0.5, 0.6) is 5.75 Å². The summed E-state index contributed by atoms with van der Waals surface area (Å²) in [4.78, 5) is 24.5. The number of nitrogens with zero attached hydrogens (tertiary/aromatic N) is 2. The second-order valence-corrected chi connectivity index (χ2v) is 10.9. The van der Waals surface area contributed by atoms with Crippen molar-refractivity contribution in [1.29, 1.82) is 0 Å². The van der Waals surface area contributed by atoms with E-state index in [1.54, 1.807) is 67.6 Å². The van der Waals surface area contributed by atoms with Gasteiger partial charge in [-0.05, 0) is 80.4 Å². The van der Waals surface area contributed by atoms with Crippen LogP contribution in [0.4, 0.5) is 5.69 Å². The smallest absolute Gasteiger partial charge is 0.264 e. The van der Waals surface area contributed by atoms with Crippen molar-refractivity contribution in [2.75, 3.05) is 17.5 Å². The number of anilines is 1. The zero-order chi connectivity index (χ0) is 27.7. The van der Waals surface area contributed by atoms with Gasteiger partial charge in [-0.1, -0.05) is 35.9 Å². The fourth-order valence-corrected chi connectivity index (χ4v) is 5.06. The molecular weight excluding hydrogens is 528 g/mol. The number of hydrogen-bond acceptors (Lipinski definition) is 6. The van der Waals surface area contributed by atoms with Crippen molar-refractivity contribution in [3.63, 3.8) is 0 Å². The van der Waals surface area contributed by atoms with E-state index in [4.69, 9.17) is 16.3 Å². The maximum atomic E-state index is 13.4. The number of sulfonamides is 1. The number of nitrogens with one attached hydrogen (secondary N) is 2. The van der Waals surface area contributed by atoms with Crippen LogP contribution in [-0.2, 0) is 19.6 Å². The van der Waals surface area contributed by atoms with E-state index in [-0.39, 0.29) is 29.1 Å². The molecule has 0 atom stereocenters. The van der Waals surface area contributed by atoms with Crippen molar-refractivity contribution in [2.24, 2.45) is 5.10 Å². The molecule has 200 valence electrons. The largest absolute Gasteiger partial charge is 0.484 e. The maximum Gasteiger partial charge on any atom is 0.264 e. The normalized spacial score (nSPS) is 11.4. The first kappa shape index (κ1) is 28.7. The molecule has 0 aliphatic carbocycles. The van der Waals surface area contributed by atoms with Gasteiger partial charge >= 0.3 is 0 Å². The number of carbonyl (C=O) groups is 2. The molecule has 9 nitrogen and oxygen atoms in total. The number of ether oxygens (including phenoxy) is 1. The standard InChI is InChI=1S/C27H29ClN4O5S/c1-19(2)30-27(34)18-37-22-14-12-21(13-15-22)16-29-31-26(33)17-32(25-11-7-10-24(28)20(25)3)38(35,36)23-8-5-4-6-9-23/h4-16,19H,17-18H2,1-3H3,(H,30,34)(H,31,33)/b29-16-. The number of hydrogen-bond donors (Lipinski definition) is 2. The Bertz CT molecular complexity index is 1390. The van der Waals surface area contributed by atoms with E-state index in [1.807, 2.05) is 13.8 Å². The molecule has 0 fully saturated rings. The molecule has 3 rings (SSSR count). The summed E-state index contributed by atoms with van der Waals surface area (Å²) in [6.07, 6.45) is 1.41. The Balaban J connectivity index is 1.68. The summed E-state index contributed by atoms with van der Waals surface area (Å²) in [6.45, 7) is 4.80. The number of amides is 2. The molecule has 2 amide bonds. The predicted molar refractivity (Wildman–Crippen MR) is 148 cm³/mol. The second-order valence-electron chi connectivity index (χ2n) is 8.58. The van der Waals surface area contributed by atoms with E-state index in [1.165, 1.54) is 18.3 Å². The molecule has 0 saturated heterocycles. The first-order valence-electron chi connectivity index (χ1n) is 11.7. The molecule has 3 aromatic rings. The SMILES string of the molecule is Cc1c(Cl)cccc1N(CC(=O)N/N=C\c1ccc(OCC(=O)NC(C)C)cc1)S(=O)(=O)c1ccccc1. The van der Waals surface area contributed by atoms with Gasteiger partial charge in [0.25, 0.3) is 21.8 Å². The zero-order valence-corrected chi connectivity index (χ0v) is 22.8. The van der Waals surface area contributed by atoms with E-state index < -0.39 is 22.5 Å². The van der Waals surface area contributed by atoms with Crippen LogP contribution in [0.3, 0.4) is 0 Å². The molecule has 0 saturated carbocycles. The van der Waals surface area contributed by atoms with Crippen molar-refractivity contribution in [3.8, 4) is 5.75 Å². The average molecular weight is 557 g/mol. The molecule has 11 heteroatoms. The number of benzene rings is 3. The van der Waals surface area contributed by atoms with E-state index in [0.29, 0.717) is 21.9 Å². The van der Waals surface area contributed by atoms with Gasteiger partial charge in [0.1, 0.15) is 12.3 Å². The number of rotatable bonds is 11. The summed E-state index contributed by atoms with van der Waals surface area (Å²) in [6, 6.07) is 19.5. The first-order chi connectivity index (χ1) is 18.1. The molecule has 0 aliphatic rings. The van der Waals surface area contributed by atoms with Crippen molar-refractivity contribution in [3.05, 3.63) is 88.9 Å². The molecule has 0 aliphatic heterocycles. The molecular formula is C27H29ClN4O5S. The highest BCUT2D eigenvalue weighted by Gasteiger charge is 2.28. The highest BCUT2D eigenvalue weighted by Crippen LogP contribution is 2.30.